The van der Waals surface area contributed by atoms with Crippen LogP contribution in [0, 0.1) is 5.92 Å². The molecule has 1 saturated carbocycles. The molecule has 1 aliphatic carbocycles. The molecule has 21 heavy (non-hydrogen) atoms. The fourth-order valence-electron chi connectivity index (χ4n) is 1.88. The van der Waals surface area contributed by atoms with E-state index >= 15 is 0 Å². The summed E-state index contributed by atoms with van der Waals surface area (Å²) in [5.41, 5.74) is -1.39. The van der Waals surface area contributed by atoms with Gasteiger partial charge in [0.25, 0.3) is 5.91 Å². The van der Waals surface area contributed by atoms with Gasteiger partial charge in [-0.15, -0.1) is 0 Å². The van der Waals surface area contributed by atoms with E-state index in [-0.39, 0.29) is 24.9 Å². The number of hydrogen-bond acceptors (Lipinski definition) is 2. The van der Waals surface area contributed by atoms with E-state index < -0.39 is 23.2 Å². The van der Waals surface area contributed by atoms with Crippen molar-refractivity contribution in [2.45, 2.75) is 19.0 Å². The van der Waals surface area contributed by atoms with Crippen LogP contribution in [0.2, 0.25) is 0 Å². The minimum Gasteiger partial charge on any atom is -0.354 e. The molecule has 0 atom stereocenters. The lowest BCUT2D eigenvalue weighted by atomic mass is 10.1. The Morgan fingerprint density at radius 2 is 1.71 bits per heavy atom. The van der Waals surface area contributed by atoms with Gasteiger partial charge in [0, 0.05) is 19.0 Å². The molecular weight excluding hydrogens is 285 g/mol. The summed E-state index contributed by atoms with van der Waals surface area (Å²) >= 11 is 0. The molecule has 4 nitrogen and oxygen atoms in total. The van der Waals surface area contributed by atoms with Gasteiger partial charge in [-0.05, 0) is 25.0 Å². The SMILES string of the molecule is O=C(NCCNC(=O)C1CC1)c1ccccc1C(F)(F)F. The smallest absolute Gasteiger partial charge is 0.354 e. The predicted octanol–water partition coefficient (Wildman–Crippen LogP) is 1.96. The average molecular weight is 300 g/mol. The molecule has 7 heteroatoms. The number of carbonyl (C=O) groups excluding carboxylic acids is 2. The maximum atomic E-state index is 12.8. The summed E-state index contributed by atoms with van der Waals surface area (Å²) in [5, 5.41) is 4.99. The van der Waals surface area contributed by atoms with Crippen LogP contribution in [-0.2, 0) is 11.0 Å². The molecule has 0 aliphatic heterocycles. The number of benzene rings is 1. The Bertz CT molecular complexity index is 539. The van der Waals surface area contributed by atoms with Crippen molar-refractivity contribution in [3.8, 4) is 0 Å². The zero-order valence-electron chi connectivity index (χ0n) is 11.2. The summed E-state index contributed by atoms with van der Waals surface area (Å²) in [6, 6.07) is 4.60. The fourth-order valence-corrected chi connectivity index (χ4v) is 1.88. The van der Waals surface area contributed by atoms with Gasteiger partial charge >= 0.3 is 6.18 Å². The average Bonchev–Trinajstić information content (AvgIpc) is 3.26. The standard InChI is InChI=1S/C14H15F3N2O2/c15-14(16,17)11-4-2-1-3-10(11)13(21)19-8-7-18-12(20)9-5-6-9/h1-4,9H,5-8H2,(H,18,20)(H,19,21). The highest BCUT2D eigenvalue weighted by molar-refractivity contribution is 5.95. The van der Waals surface area contributed by atoms with Crippen molar-refractivity contribution in [3.05, 3.63) is 35.4 Å². The van der Waals surface area contributed by atoms with Crippen LogP contribution in [0.4, 0.5) is 13.2 Å². The van der Waals surface area contributed by atoms with E-state index in [1.54, 1.807) is 0 Å². The zero-order chi connectivity index (χ0) is 15.5. The van der Waals surface area contributed by atoms with Crippen LogP contribution in [0.25, 0.3) is 0 Å². The van der Waals surface area contributed by atoms with E-state index in [2.05, 4.69) is 10.6 Å². The lowest BCUT2D eigenvalue weighted by Gasteiger charge is -2.12. The third-order valence-electron chi connectivity index (χ3n) is 3.14. The highest BCUT2D eigenvalue weighted by Crippen LogP contribution is 2.31. The molecule has 0 heterocycles. The van der Waals surface area contributed by atoms with Crippen molar-refractivity contribution in [2.24, 2.45) is 5.92 Å². The summed E-state index contributed by atoms with van der Waals surface area (Å²) in [6.07, 6.45) is -2.83. The maximum absolute atomic E-state index is 12.8. The number of nitrogens with one attached hydrogen (secondary N) is 2. The molecule has 1 aromatic carbocycles. The number of rotatable bonds is 5. The van der Waals surface area contributed by atoms with Crippen LogP contribution in [0.15, 0.2) is 24.3 Å². The van der Waals surface area contributed by atoms with Crippen LogP contribution < -0.4 is 10.6 Å². The van der Waals surface area contributed by atoms with Crippen molar-refractivity contribution < 1.29 is 22.8 Å². The fraction of sp³-hybridized carbons (Fsp3) is 0.429. The number of carbonyl (C=O) groups is 2. The van der Waals surface area contributed by atoms with Gasteiger partial charge in [0.1, 0.15) is 0 Å². The maximum Gasteiger partial charge on any atom is 0.417 e. The summed E-state index contributed by atoms with van der Waals surface area (Å²) in [5.74, 6) is -0.810. The van der Waals surface area contributed by atoms with Gasteiger partial charge in [-0.2, -0.15) is 13.2 Å². The second kappa shape index (κ2) is 6.15. The number of amides is 2. The Morgan fingerprint density at radius 1 is 1.10 bits per heavy atom. The predicted molar refractivity (Wildman–Crippen MR) is 69.5 cm³/mol. The van der Waals surface area contributed by atoms with E-state index in [0.29, 0.717) is 0 Å². The van der Waals surface area contributed by atoms with Crippen LogP contribution in [0.1, 0.15) is 28.8 Å². The van der Waals surface area contributed by atoms with E-state index in [1.165, 1.54) is 12.1 Å². The monoisotopic (exact) mass is 300 g/mol. The second-order valence-electron chi connectivity index (χ2n) is 4.86. The van der Waals surface area contributed by atoms with Crippen molar-refractivity contribution in [1.29, 1.82) is 0 Å². The highest BCUT2D eigenvalue weighted by Gasteiger charge is 2.34. The first kappa shape index (κ1) is 15.3. The molecule has 0 bridgehead atoms. The molecule has 1 fully saturated rings. The summed E-state index contributed by atoms with van der Waals surface area (Å²) in [6.45, 7) is 0.290. The molecule has 1 aromatic rings. The summed E-state index contributed by atoms with van der Waals surface area (Å²) < 4.78 is 38.3. The Hall–Kier alpha value is -2.05. The third-order valence-corrected chi connectivity index (χ3v) is 3.14. The van der Waals surface area contributed by atoms with E-state index in [9.17, 15) is 22.8 Å². The number of hydrogen-bond donors (Lipinski definition) is 2. The lowest BCUT2D eigenvalue weighted by molar-refractivity contribution is -0.138. The van der Waals surface area contributed by atoms with Crippen LogP contribution >= 0.6 is 0 Å². The Balaban J connectivity index is 1.87. The largest absolute Gasteiger partial charge is 0.417 e. The lowest BCUT2D eigenvalue weighted by Crippen LogP contribution is -2.35. The van der Waals surface area contributed by atoms with Crippen LogP contribution in [-0.4, -0.2) is 24.9 Å². The van der Waals surface area contributed by atoms with E-state index in [1.807, 2.05) is 0 Å². The molecule has 0 unspecified atom stereocenters. The van der Waals surface area contributed by atoms with Gasteiger partial charge in [-0.1, -0.05) is 12.1 Å². The quantitative estimate of drug-likeness (QED) is 0.817. The molecule has 0 spiro atoms. The minimum atomic E-state index is -4.58. The van der Waals surface area contributed by atoms with Gasteiger partial charge in [-0.25, -0.2) is 0 Å². The van der Waals surface area contributed by atoms with Gasteiger partial charge < -0.3 is 10.6 Å². The van der Waals surface area contributed by atoms with Crippen molar-refractivity contribution in [3.63, 3.8) is 0 Å². The highest BCUT2D eigenvalue weighted by atomic mass is 19.4. The van der Waals surface area contributed by atoms with E-state index in [4.69, 9.17) is 0 Å². The first-order valence-corrected chi connectivity index (χ1v) is 6.61. The first-order valence-electron chi connectivity index (χ1n) is 6.61. The van der Waals surface area contributed by atoms with E-state index in [0.717, 1.165) is 25.0 Å². The summed E-state index contributed by atoms with van der Waals surface area (Å²) in [7, 11) is 0. The van der Waals surface area contributed by atoms with Gasteiger partial charge in [-0.3, -0.25) is 9.59 Å². The van der Waals surface area contributed by atoms with Crippen molar-refractivity contribution in [2.75, 3.05) is 13.1 Å². The Labute approximate surface area is 119 Å². The normalized spacial score (nSPS) is 14.6. The Kier molecular flexibility index (Phi) is 4.50. The molecule has 2 amide bonds. The zero-order valence-corrected chi connectivity index (χ0v) is 11.2. The van der Waals surface area contributed by atoms with Crippen molar-refractivity contribution >= 4 is 11.8 Å². The molecule has 114 valence electrons. The minimum absolute atomic E-state index is 0.0617. The van der Waals surface area contributed by atoms with Crippen molar-refractivity contribution in [1.82, 2.24) is 10.6 Å². The van der Waals surface area contributed by atoms with Crippen LogP contribution in [0.5, 0.6) is 0 Å². The summed E-state index contributed by atoms with van der Waals surface area (Å²) in [4.78, 5) is 23.1. The Morgan fingerprint density at radius 3 is 2.33 bits per heavy atom. The third kappa shape index (κ3) is 4.21. The number of alkyl halides is 3. The number of halogens is 3. The van der Waals surface area contributed by atoms with Gasteiger partial charge in [0.05, 0.1) is 11.1 Å². The first-order chi connectivity index (χ1) is 9.89. The molecule has 1 aliphatic rings. The van der Waals surface area contributed by atoms with Gasteiger partial charge in [0.15, 0.2) is 0 Å². The molecule has 0 aromatic heterocycles. The molecule has 0 saturated heterocycles. The topological polar surface area (TPSA) is 58.2 Å². The molecule has 2 N–H and O–H groups in total. The molecule has 0 radical (unpaired) electrons. The second-order valence-corrected chi connectivity index (χ2v) is 4.86. The molecular formula is C14H15F3N2O2. The molecule has 2 rings (SSSR count). The van der Waals surface area contributed by atoms with Crippen LogP contribution in [0.3, 0.4) is 0 Å². The van der Waals surface area contributed by atoms with Gasteiger partial charge in [0.2, 0.25) is 5.91 Å².